The number of imidazole rings is 1. The van der Waals surface area contributed by atoms with Crippen molar-refractivity contribution in [1.29, 1.82) is 5.26 Å². The van der Waals surface area contributed by atoms with E-state index in [1.54, 1.807) is 12.1 Å². The van der Waals surface area contributed by atoms with E-state index in [0.717, 1.165) is 0 Å². The van der Waals surface area contributed by atoms with E-state index in [1.165, 1.54) is 6.07 Å². The number of aromatic amines is 1. The zero-order valence-corrected chi connectivity index (χ0v) is 6.71. The van der Waals surface area contributed by atoms with Crippen LogP contribution < -0.4 is 0 Å². The molecule has 2 aromatic rings. The highest BCUT2D eigenvalue weighted by atomic mass is 19.1. The van der Waals surface area contributed by atoms with Crippen LogP contribution in [0.5, 0.6) is 0 Å². The van der Waals surface area contributed by atoms with Crippen LogP contribution in [0.2, 0.25) is 0 Å². The molecular weight excluding hydrogens is 169 g/mol. The van der Waals surface area contributed by atoms with Gasteiger partial charge in [0.05, 0.1) is 18.0 Å². The Morgan fingerprint density at radius 1 is 1.54 bits per heavy atom. The van der Waals surface area contributed by atoms with Crippen molar-refractivity contribution < 1.29 is 4.39 Å². The lowest BCUT2D eigenvalue weighted by molar-refractivity contribution is 0.637. The van der Waals surface area contributed by atoms with Crippen molar-refractivity contribution in [3.63, 3.8) is 0 Å². The lowest BCUT2D eigenvalue weighted by atomic mass is 10.3. The summed E-state index contributed by atoms with van der Waals surface area (Å²) >= 11 is 0. The lowest BCUT2D eigenvalue weighted by Crippen LogP contribution is -1.82. The molecule has 0 aliphatic carbocycles. The molecule has 64 valence electrons. The summed E-state index contributed by atoms with van der Waals surface area (Å²) < 4.78 is 13.1. The number of rotatable bonds is 1. The minimum Gasteiger partial charge on any atom is -0.341 e. The number of H-pyrrole nitrogens is 1. The first-order valence-corrected chi connectivity index (χ1v) is 3.81. The summed E-state index contributed by atoms with van der Waals surface area (Å²) in [7, 11) is 0. The first kappa shape index (κ1) is 7.74. The van der Waals surface area contributed by atoms with Gasteiger partial charge in [-0.05, 0) is 12.1 Å². The van der Waals surface area contributed by atoms with Crippen molar-refractivity contribution in [2.24, 2.45) is 0 Å². The summed E-state index contributed by atoms with van der Waals surface area (Å²) in [5, 5.41) is 8.41. The fraction of sp³-hybridized carbons (Fsp3) is 0.111. The molecule has 2 rings (SSSR count). The number of benzene rings is 1. The molecule has 1 heterocycles. The lowest BCUT2D eigenvalue weighted by Gasteiger charge is -1.86. The van der Waals surface area contributed by atoms with Crippen LogP contribution in [0.1, 0.15) is 5.82 Å². The quantitative estimate of drug-likeness (QED) is 0.718. The maximum absolute atomic E-state index is 13.1. The highest BCUT2D eigenvalue weighted by molar-refractivity contribution is 5.75. The third-order valence-corrected chi connectivity index (χ3v) is 1.76. The minimum absolute atomic E-state index is 0.175. The molecule has 0 atom stereocenters. The van der Waals surface area contributed by atoms with Gasteiger partial charge in [0.25, 0.3) is 0 Å². The zero-order chi connectivity index (χ0) is 9.26. The maximum atomic E-state index is 13.1. The summed E-state index contributed by atoms with van der Waals surface area (Å²) in [5.41, 5.74) is 0.929. The predicted octanol–water partition coefficient (Wildman–Crippen LogP) is 1.77. The van der Waals surface area contributed by atoms with Gasteiger partial charge in [0.2, 0.25) is 0 Å². The molecule has 0 saturated carbocycles. The van der Waals surface area contributed by atoms with Gasteiger partial charge < -0.3 is 4.98 Å². The molecule has 1 aromatic carbocycles. The van der Waals surface area contributed by atoms with Gasteiger partial charge in [-0.2, -0.15) is 5.26 Å². The van der Waals surface area contributed by atoms with E-state index >= 15 is 0 Å². The van der Waals surface area contributed by atoms with Crippen LogP contribution in [0, 0.1) is 17.1 Å². The Kier molecular flexibility index (Phi) is 1.71. The Labute approximate surface area is 73.8 Å². The summed E-state index contributed by atoms with van der Waals surface area (Å²) in [6.45, 7) is 0. The number of nitrogens with one attached hydrogen (secondary N) is 1. The first-order chi connectivity index (χ1) is 6.31. The summed E-state index contributed by atoms with van der Waals surface area (Å²) in [6.07, 6.45) is 0.175. The third kappa shape index (κ3) is 1.25. The second-order valence-electron chi connectivity index (χ2n) is 2.65. The molecule has 0 saturated heterocycles. The van der Waals surface area contributed by atoms with Crippen molar-refractivity contribution in [3.8, 4) is 6.07 Å². The molecule has 1 aromatic heterocycles. The minimum atomic E-state index is -0.363. The van der Waals surface area contributed by atoms with Crippen molar-refractivity contribution in [2.45, 2.75) is 6.42 Å². The van der Waals surface area contributed by atoms with Crippen LogP contribution in [0.25, 0.3) is 11.0 Å². The first-order valence-electron chi connectivity index (χ1n) is 3.81. The Balaban J connectivity index is 2.63. The molecule has 0 bridgehead atoms. The molecule has 0 amide bonds. The van der Waals surface area contributed by atoms with Gasteiger partial charge in [0, 0.05) is 0 Å². The van der Waals surface area contributed by atoms with Crippen LogP contribution in [0.4, 0.5) is 4.39 Å². The zero-order valence-electron chi connectivity index (χ0n) is 6.71. The number of nitriles is 1. The van der Waals surface area contributed by atoms with Crippen molar-refractivity contribution in [2.75, 3.05) is 0 Å². The van der Waals surface area contributed by atoms with Gasteiger partial charge in [0.15, 0.2) is 5.82 Å². The number of aromatic nitrogens is 2. The molecule has 0 spiro atoms. The van der Waals surface area contributed by atoms with Crippen molar-refractivity contribution in [3.05, 3.63) is 29.8 Å². The third-order valence-electron chi connectivity index (χ3n) is 1.76. The van der Waals surface area contributed by atoms with Gasteiger partial charge in [-0.1, -0.05) is 6.07 Å². The molecular formula is C9H6FN3. The second kappa shape index (κ2) is 2.87. The van der Waals surface area contributed by atoms with Crippen LogP contribution >= 0.6 is 0 Å². The largest absolute Gasteiger partial charge is 0.341 e. The molecule has 0 fully saturated rings. The molecule has 1 N–H and O–H groups in total. The van der Waals surface area contributed by atoms with E-state index in [0.29, 0.717) is 16.9 Å². The Hall–Kier alpha value is -1.89. The van der Waals surface area contributed by atoms with Gasteiger partial charge in [-0.25, -0.2) is 9.37 Å². The number of halogens is 1. The number of fused-ring (bicyclic) bond motifs is 1. The van der Waals surface area contributed by atoms with Crippen LogP contribution in [-0.4, -0.2) is 9.97 Å². The van der Waals surface area contributed by atoms with E-state index in [9.17, 15) is 4.39 Å². The molecule has 13 heavy (non-hydrogen) atoms. The van der Waals surface area contributed by atoms with Gasteiger partial charge >= 0.3 is 0 Å². The fourth-order valence-electron chi connectivity index (χ4n) is 1.21. The van der Waals surface area contributed by atoms with Crippen molar-refractivity contribution in [1.82, 2.24) is 9.97 Å². The van der Waals surface area contributed by atoms with E-state index in [4.69, 9.17) is 5.26 Å². The van der Waals surface area contributed by atoms with E-state index in [2.05, 4.69) is 9.97 Å². The summed E-state index contributed by atoms with van der Waals surface area (Å²) in [6, 6.07) is 6.63. The Morgan fingerprint density at radius 2 is 2.38 bits per heavy atom. The summed E-state index contributed by atoms with van der Waals surface area (Å²) in [5.74, 6) is 0.139. The molecule has 0 unspecified atom stereocenters. The molecule has 0 aliphatic heterocycles. The number of para-hydroxylation sites is 1. The number of nitrogens with zero attached hydrogens (tertiary/aromatic N) is 2. The average molecular weight is 175 g/mol. The van der Waals surface area contributed by atoms with E-state index in [1.807, 2.05) is 6.07 Å². The fourth-order valence-corrected chi connectivity index (χ4v) is 1.21. The SMILES string of the molecule is N#CCc1nc2c(F)cccc2[nH]1. The highest BCUT2D eigenvalue weighted by Gasteiger charge is 2.05. The van der Waals surface area contributed by atoms with Crippen molar-refractivity contribution >= 4 is 11.0 Å². The Bertz CT molecular complexity index is 481. The molecule has 3 nitrogen and oxygen atoms in total. The monoisotopic (exact) mass is 175 g/mol. The smallest absolute Gasteiger partial charge is 0.151 e. The van der Waals surface area contributed by atoms with Gasteiger partial charge in [0.1, 0.15) is 11.3 Å². The summed E-state index contributed by atoms with van der Waals surface area (Å²) in [4.78, 5) is 6.81. The predicted molar refractivity (Wildman–Crippen MR) is 45.4 cm³/mol. The van der Waals surface area contributed by atoms with E-state index < -0.39 is 0 Å². The van der Waals surface area contributed by atoms with Gasteiger partial charge in [-0.15, -0.1) is 0 Å². The van der Waals surface area contributed by atoms with E-state index in [-0.39, 0.29) is 12.2 Å². The molecule has 4 heteroatoms. The standard InChI is InChI=1S/C9H6FN3/c10-6-2-1-3-7-9(6)13-8(12-7)4-5-11/h1-3H,4H2,(H,12,13). The highest BCUT2D eigenvalue weighted by Crippen LogP contribution is 2.14. The topological polar surface area (TPSA) is 52.5 Å². The molecule has 0 radical (unpaired) electrons. The number of hydrogen-bond donors (Lipinski definition) is 1. The van der Waals surface area contributed by atoms with Crippen LogP contribution in [0.15, 0.2) is 18.2 Å². The van der Waals surface area contributed by atoms with Crippen LogP contribution in [0.3, 0.4) is 0 Å². The molecule has 0 aliphatic rings. The Morgan fingerprint density at radius 3 is 3.08 bits per heavy atom. The normalized spacial score (nSPS) is 10.2. The average Bonchev–Trinajstić information content (AvgIpc) is 2.49. The van der Waals surface area contributed by atoms with Gasteiger partial charge in [-0.3, -0.25) is 0 Å². The second-order valence-corrected chi connectivity index (χ2v) is 2.65. The maximum Gasteiger partial charge on any atom is 0.151 e. The number of hydrogen-bond acceptors (Lipinski definition) is 2. The van der Waals surface area contributed by atoms with Crippen LogP contribution in [-0.2, 0) is 6.42 Å².